The van der Waals surface area contributed by atoms with Gasteiger partial charge in [0.05, 0.1) is 36.2 Å². The number of hydrogen-bond donors (Lipinski definition) is 1. The quantitative estimate of drug-likeness (QED) is 0.453. The highest BCUT2D eigenvalue weighted by atomic mass is 19.3. The highest BCUT2D eigenvalue weighted by molar-refractivity contribution is 5.65. The molecule has 8 nitrogen and oxygen atoms in total. The number of benzene rings is 1. The Kier molecular flexibility index (Phi) is 4.93. The maximum Gasteiger partial charge on any atom is 0.387 e. The first-order chi connectivity index (χ1) is 17.5. The van der Waals surface area contributed by atoms with Gasteiger partial charge in [-0.1, -0.05) is 18.2 Å². The lowest BCUT2D eigenvalue weighted by Gasteiger charge is -2.26. The van der Waals surface area contributed by atoms with Gasteiger partial charge in [-0.05, 0) is 31.0 Å². The third-order valence-corrected chi connectivity index (χ3v) is 7.43. The number of para-hydroxylation sites is 1. The molecule has 184 valence electrons. The van der Waals surface area contributed by atoms with Crippen molar-refractivity contribution in [3.63, 3.8) is 0 Å². The van der Waals surface area contributed by atoms with E-state index in [0.717, 1.165) is 36.4 Å². The fourth-order valence-electron chi connectivity index (χ4n) is 5.80. The van der Waals surface area contributed by atoms with E-state index < -0.39 is 12.7 Å². The van der Waals surface area contributed by atoms with Crippen molar-refractivity contribution >= 4 is 11.6 Å². The molecule has 2 bridgehead atoms. The Labute approximate surface area is 205 Å². The molecule has 1 aliphatic carbocycles. The molecule has 10 heteroatoms. The summed E-state index contributed by atoms with van der Waals surface area (Å²) < 4.78 is 38.5. The maximum atomic E-state index is 13.1. The van der Waals surface area contributed by atoms with E-state index in [2.05, 4.69) is 19.9 Å². The lowest BCUT2D eigenvalue weighted by molar-refractivity contribution is -0.0506. The monoisotopic (exact) mass is 491 g/mol. The van der Waals surface area contributed by atoms with Crippen LogP contribution in [0.3, 0.4) is 0 Å². The van der Waals surface area contributed by atoms with Gasteiger partial charge in [-0.2, -0.15) is 8.78 Å². The minimum absolute atomic E-state index is 0.105. The lowest BCUT2D eigenvalue weighted by Crippen LogP contribution is -2.38. The maximum absolute atomic E-state index is 13.1. The fourth-order valence-corrected chi connectivity index (χ4v) is 5.80. The van der Waals surface area contributed by atoms with Gasteiger partial charge in [0.2, 0.25) is 5.95 Å². The SMILES string of the molecule is O[C@@H]1C[C@H](c2ccccc2OC(F)F)c2c1nc1ccc(-c3cnc(N4C[C@@H]5C[C@H]4CO5)nc3)cn21. The zero-order valence-corrected chi connectivity index (χ0v) is 19.2. The van der Waals surface area contributed by atoms with Crippen LogP contribution in [0, 0.1) is 0 Å². The van der Waals surface area contributed by atoms with E-state index in [1.54, 1.807) is 18.2 Å². The fraction of sp³-hybridized carbons (Fsp3) is 0.346. The Balaban J connectivity index is 1.26. The second-order valence-corrected chi connectivity index (χ2v) is 9.52. The molecule has 4 aromatic rings. The number of halogens is 2. The van der Waals surface area contributed by atoms with Crippen molar-refractivity contribution in [1.29, 1.82) is 0 Å². The van der Waals surface area contributed by atoms with Gasteiger partial charge in [0, 0.05) is 47.7 Å². The molecule has 1 N–H and O–H groups in total. The van der Waals surface area contributed by atoms with Crippen LogP contribution in [0.4, 0.5) is 14.7 Å². The number of ether oxygens (including phenoxy) is 2. The number of rotatable bonds is 5. The summed E-state index contributed by atoms with van der Waals surface area (Å²) in [5, 5.41) is 10.8. The molecule has 0 unspecified atom stereocenters. The number of imidazole rings is 1. The van der Waals surface area contributed by atoms with Crippen molar-refractivity contribution in [2.75, 3.05) is 18.1 Å². The van der Waals surface area contributed by atoms with Crippen LogP contribution in [0.2, 0.25) is 0 Å². The van der Waals surface area contributed by atoms with Crippen molar-refractivity contribution in [1.82, 2.24) is 19.4 Å². The normalized spacial score (nSPS) is 24.7. The number of aliphatic hydroxyl groups excluding tert-OH is 1. The molecule has 2 saturated heterocycles. The van der Waals surface area contributed by atoms with Gasteiger partial charge in [0.15, 0.2) is 0 Å². The zero-order valence-electron chi connectivity index (χ0n) is 19.2. The van der Waals surface area contributed by atoms with Crippen molar-refractivity contribution in [2.24, 2.45) is 0 Å². The van der Waals surface area contributed by atoms with Gasteiger partial charge < -0.3 is 23.9 Å². The molecule has 4 atom stereocenters. The number of hydrogen-bond acceptors (Lipinski definition) is 7. The molecule has 5 heterocycles. The predicted molar refractivity (Wildman–Crippen MR) is 126 cm³/mol. The molecule has 0 saturated carbocycles. The van der Waals surface area contributed by atoms with Crippen LogP contribution in [-0.4, -0.2) is 56.4 Å². The summed E-state index contributed by atoms with van der Waals surface area (Å²) in [6, 6.07) is 10.9. The van der Waals surface area contributed by atoms with Crippen LogP contribution >= 0.6 is 0 Å². The Morgan fingerprint density at radius 3 is 2.64 bits per heavy atom. The van der Waals surface area contributed by atoms with E-state index in [9.17, 15) is 13.9 Å². The number of pyridine rings is 1. The van der Waals surface area contributed by atoms with Gasteiger partial charge in [0.1, 0.15) is 11.4 Å². The molecule has 0 spiro atoms. The van der Waals surface area contributed by atoms with Crippen molar-refractivity contribution in [3.8, 4) is 16.9 Å². The van der Waals surface area contributed by atoms with Crippen LogP contribution in [-0.2, 0) is 4.74 Å². The molecule has 3 aromatic heterocycles. The van der Waals surface area contributed by atoms with Gasteiger partial charge >= 0.3 is 6.61 Å². The summed E-state index contributed by atoms with van der Waals surface area (Å²) in [6.45, 7) is -1.40. The van der Waals surface area contributed by atoms with Crippen LogP contribution in [0.1, 0.15) is 41.8 Å². The predicted octanol–water partition coefficient (Wildman–Crippen LogP) is 3.94. The average Bonchev–Trinajstić information content (AvgIpc) is 3.66. The molecule has 36 heavy (non-hydrogen) atoms. The molecule has 2 aliphatic heterocycles. The minimum atomic E-state index is -2.93. The van der Waals surface area contributed by atoms with Crippen LogP contribution in [0.5, 0.6) is 5.75 Å². The largest absolute Gasteiger partial charge is 0.435 e. The molecule has 1 aromatic carbocycles. The summed E-state index contributed by atoms with van der Waals surface area (Å²) in [5.74, 6) is 0.466. The van der Waals surface area contributed by atoms with Crippen molar-refractivity contribution < 1.29 is 23.4 Å². The highest BCUT2D eigenvalue weighted by Gasteiger charge is 2.40. The van der Waals surface area contributed by atoms with Gasteiger partial charge in [-0.25, -0.2) is 15.0 Å². The molecular formula is C26H23F2N5O3. The zero-order chi connectivity index (χ0) is 24.4. The number of alkyl halides is 2. The number of anilines is 1. The molecule has 0 amide bonds. The number of nitrogens with zero attached hydrogens (tertiary/aromatic N) is 5. The number of fused-ring (bicyclic) bond motifs is 5. The lowest BCUT2D eigenvalue weighted by atomic mass is 9.95. The summed E-state index contributed by atoms with van der Waals surface area (Å²) in [6.07, 6.45) is 6.39. The van der Waals surface area contributed by atoms with Gasteiger partial charge in [-0.3, -0.25) is 0 Å². The van der Waals surface area contributed by atoms with E-state index in [-0.39, 0.29) is 17.8 Å². The Morgan fingerprint density at radius 1 is 1.06 bits per heavy atom. The van der Waals surface area contributed by atoms with Crippen molar-refractivity contribution in [3.05, 3.63) is 71.9 Å². The standard InChI is InChI=1S/C26H23F2N5O3/c27-25(28)36-21-4-2-1-3-18(21)19-8-20(34)23-24(19)33-11-14(5-6-22(33)31-23)15-9-29-26(30-10-15)32-12-17-7-16(32)13-35-17/h1-6,9-11,16-17,19-20,25,34H,7-8,12-13H2/t16-,17-,19+,20+/m0/s1. The van der Waals surface area contributed by atoms with E-state index in [1.807, 2.05) is 35.1 Å². The topological polar surface area (TPSA) is 85.0 Å². The van der Waals surface area contributed by atoms with Crippen LogP contribution < -0.4 is 9.64 Å². The van der Waals surface area contributed by atoms with E-state index in [0.29, 0.717) is 35.3 Å². The number of aliphatic hydroxyl groups is 1. The Morgan fingerprint density at radius 2 is 1.89 bits per heavy atom. The first-order valence-electron chi connectivity index (χ1n) is 12.0. The average molecular weight is 491 g/mol. The van der Waals surface area contributed by atoms with Crippen LogP contribution in [0.15, 0.2) is 55.0 Å². The van der Waals surface area contributed by atoms with Gasteiger partial charge in [0.25, 0.3) is 0 Å². The summed E-state index contributed by atoms with van der Waals surface area (Å²) in [5.41, 5.74) is 4.33. The van der Waals surface area contributed by atoms with E-state index in [1.165, 1.54) is 6.07 Å². The highest BCUT2D eigenvalue weighted by Crippen LogP contribution is 2.47. The van der Waals surface area contributed by atoms with Crippen LogP contribution in [0.25, 0.3) is 16.8 Å². The van der Waals surface area contributed by atoms with E-state index >= 15 is 0 Å². The summed E-state index contributed by atoms with van der Waals surface area (Å²) in [4.78, 5) is 16.1. The smallest absolute Gasteiger partial charge is 0.387 e. The molecule has 7 rings (SSSR count). The van der Waals surface area contributed by atoms with E-state index in [4.69, 9.17) is 9.47 Å². The second-order valence-electron chi connectivity index (χ2n) is 9.52. The number of aromatic nitrogens is 4. The molecule has 3 aliphatic rings. The molecule has 0 radical (unpaired) electrons. The Hall–Kier alpha value is -3.63. The van der Waals surface area contributed by atoms with Crippen molar-refractivity contribution in [2.45, 2.75) is 43.6 Å². The third kappa shape index (κ3) is 3.43. The molecular weight excluding hydrogens is 468 g/mol. The minimum Gasteiger partial charge on any atom is -0.435 e. The Bertz CT molecular complexity index is 1440. The first-order valence-corrected chi connectivity index (χ1v) is 12.0. The number of morpholine rings is 1. The second kappa shape index (κ2) is 8.21. The summed E-state index contributed by atoms with van der Waals surface area (Å²) in [7, 11) is 0. The first kappa shape index (κ1) is 21.6. The third-order valence-electron chi connectivity index (χ3n) is 7.43. The van der Waals surface area contributed by atoms with Gasteiger partial charge in [-0.15, -0.1) is 0 Å². The molecule has 2 fully saturated rings. The summed E-state index contributed by atoms with van der Waals surface area (Å²) >= 11 is 0.